The fourth-order valence-electron chi connectivity index (χ4n) is 2.67. The highest BCUT2D eigenvalue weighted by molar-refractivity contribution is 5.45. The SMILES string of the molecule is COc1ccc(C(CN)c2cc(C(C)(C)C)nn2C)cc1OC. The van der Waals surface area contributed by atoms with Crippen LogP contribution in [0.3, 0.4) is 0 Å². The van der Waals surface area contributed by atoms with Gasteiger partial charge in [0.15, 0.2) is 11.5 Å². The van der Waals surface area contributed by atoms with Crippen molar-refractivity contribution in [3.8, 4) is 11.5 Å². The van der Waals surface area contributed by atoms with Crippen molar-refractivity contribution in [1.82, 2.24) is 9.78 Å². The third-order valence-electron chi connectivity index (χ3n) is 4.09. The molecular weight excluding hydrogens is 290 g/mol. The van der Waals surface area contributed by atoms with Crippen LogP contribution in [-0.2, 0) is 12.5 Å². The van der Waals surface area contributed by atoms with E-state index in [4.69, 9.17) is 15.2 Å². The third-order valence-corrected chi connectivity index (χ3v) is 4.09. The monoisotopic (exact) mass is 317 g/mol. The highest BCUT2D eigenvalue weighted by Crippen LogP contribution is 2.34. The zero-order valence-electron chi connectivity index (χ0n) is 14.9. The Balaban J connectivity index is 2.46. The van der Waals surface area contributed by atoms with Crippen LogP contribution in [0.5, 0.6) is 11.5 Å². The summed E-state index contributed by atoms with van der Waals surface area (Å²) in [6.07, 6.45) is 0. The van der Waals surface area contributed by atoms with E-state index in [1.54, 1.807) is 14.2 Å². The van der Waals surface area contributed by atoms with Crippen LogP contribution in [0.25, 0.3) is 0 Å². The van der Waals surface area contributed by atoms with Crippen LogP contribution in [0, 0.1) is 0 Å². The number of benzene rings is 1. The van der Waals surface area contributed by atoms with Crippen LogP contribution in [-0.4, -0.2) is 30.5 Å². The molecule has 5 heteroatoms. The number of rotatable bonds is 5. The number of hydrogen-bond donors (Lipinski definition) is 1. The Morgan fingerprint density at radius 1 is 1.13 bits per heavy atom. The lowest BCUT2D eigenvalue weighted by Gasteiger charge is -2.18. The minimum absolute atomic E-state index is 0.00670. The zero-order chi connectivity index (χ0) is 17.2. The van der Waals surface area contributed by atoms with Crippen LogP contribution in [0.4, 0.5) is 0 Å². The van der Waals surface area contributed by atoms with Crippen molar-refractivity contribution >= 4 is 0 Å². The summed E-state index contributed by atoms with van der Waals surface area (Å²) in [5, 5.41) is 4.66. The molecular formula is C18H27N3O2. The first-order valence-corrected chi connectivity index (χ1v) is 7.78. The first-order valence-electron chi connectivity index (χ1n) is 7.78. The van der Waals surface area contributed by atoms with Gasteiger partial charge >= 0.3 is 0 Å². The molecule has 0 radical (unpaired) electrons. The number of methoxy groups -OCH3 is 2. The topological polar surface area (TPSA) is 62.3 Å². The second-order valence-corrected chi connectivity index (χ2v) is 6.73. The maximum absolute atomic E-state index is 6.07. The average Bonchev–Trinajstić information content (AvgIpc) is 2.90. The van der Waals surface area contributed by atoms with Gasteiger partial charge in [-0.1, -0.05) is 26.8 Å². The first-order chi connectivity index (χ1) is 10.8. The Hall–Kier alpha value is -2.01. The number of nitrogens with two attached hydrogens (primary N) is 1. The molecule has 2 N–H and O–H groups in total. The van der Waals surface area contributed by atoms with Crippen LogP contribution < -0.4 is 15.2 Å². The van der Waals surface area contributed by atoms with Gasteiger partial charge in [0, 0.05) is 30.6 Å². The van der Waals surface area contributed by atoms with Gasteiger partial charge < -0.3 is 15.2 Å². The Bertz CT molecular complexity index is 671. The minimum atomic E-state index is 0.00670. The number of aromatic nitrogens is 2. The summed E-state index contributed by atoms with van der Waals surface area (Å²) in [4.78, 5) is 0. The maximum Gasteiger partial charge on any atom is 0.161 e. The predicted octanol–water partition coefficient (Wildman–Crippen LogP) is 2.83. The molecule has 2 rings (SSSR count). The van der Waals surface area contributed by atoms with Crippen molar-refractivity contribution in [3.05, 3.63) is 41.2 Å². The lowest BCUT2D eigenvalue weighted by Crippen LogP contribution is -2.17. The molecule has 0 bridgehead atoms. The molecule has 1 aromatic heterocycles. The highest BCUT2D eigenvalue weighted by Gasteiger charge is 2.24. The smallest absolute Gasteiger partial charge is 0.161 e. The second kappa shape index (κ2) is 6.62. The zero-order valence-corrected chi connectivity index (χ0v) is 14.9. The Labute approximate surface area is 138 Å². The van der Waals surface area contributed by atoms with Crippen molar-refractivity contribution in [2.24, 2.45) is 12.8 Å². The van der Waals surface area contributed by atoms with E-state index in [0.29, 0.717) is 18.0 Å². The molecule has 1 aromatic carbocycles. The van der Waals surface area contributed by atoms with Crippen molar-refractivity contribution in [2.75, 3.05) is 20.8 Å². The third kappa shape index (κ3) is 3.50. The predicted molar refractivity (Wildman–Crippen MR) is 92.4 cm³/mol. The van der Waals surface area contributed by atoms with Crippen molar-refractivity contribution < 1.29 is 9.47 Å². The van der Waals surface area contributed by atoms with E-state index >= 15 is 0 Å². The van der Waals surface area contributed by atoms with Gasteiger partial charge in [-0.3, -0.25) is 4.68 Å². The van der Waals surface area contributed by atoms with E-state index < -0.39 is 0 Å². The van der Waals surface area contributed by atoms with E-state index in [1.807, 2.05) is 29.9 Å². The van der Waals surface area contributed by atoms with E-state index in [9.17, 15) is 0 Å². The van der Waals surface area contributed by atoms with Gasteiger partial charge in [-0.25, -0.2) is 0 Å². The average molecular weight is 317 g/mol. The van der Waals surface area contributed by atoms with Gasteiger partial charge in [0.05, 0.1) is 19.9 Å². The lowest BCUT2D eigenvalue weighted by atomic mass is 9.90. The fourth-order valence-corrected chi connectivity index (χ4v) is 2.67. The Morgan fingerprint density at radius 2 is 1.78 bits per heavy atom. The first kappa shape index (κ1) is 17.3. The summed E-state index contributed by atoms with van der Waals surface area (Å²) in [6.45, 7) is 6.98. The maximum atomic E-state index is 6.07. The van der Waals surface area contributed by atoms with Crippen LogP contribution in [0.2, 0.25) is 0 Å². The normalized spacial score (nSPS) is 13.0. The summed E-state index contributed by atoms with van der Waals surface area (Å²) in [5.41, 5.74) is 9.34. The minimum Gasteiger partial charge on any atom is -0.493 e. The van der Waals surface area contributed by atoms with Gasteiger partial charge in [0.2, 0.25) is 0 Å². The van der Waals surface area contributed by atoms with E-state index in [0.717, 1.165) is 17.0 Å². The van der Waals surface area contributed by atoms with Gasteiger partial charge in [-0.15, -0.1) is 0 Å². The highest BCUT2D eigenvalue weighted by atomic mass is 16.5. The van der Waals surface area contributed by atoms with Gasteiger partial charge in [-0.05, 0) is 23.8 Å². The van der Waals surface area contributed by atoms with Gasteiger partial charge in [0.1, 0.15) is 0 Å². The Morgan fingerprint density at radius 3 is 2.26 bits per heavy atom. The standard InChI is InChI=1S/C18H27N3O2/c1-18(2,3)17-10-14(21(4)20-17)13(11-19)12-7-8-15(22-5)16(9-12)23-6/h7-10,13H,11,19H2,1-6H3. The summed E-state index contributed by atoms with van der Waals surface area (Å²) in [7, 11) is 5.24. The molecule has 0 aliphatic carbocycles. The number of aryl methyl sites for hydroxylation is 1. The fraction of sp³-hybridized carbons (Fsp3) is 0.500. The van der Waals surface area contributed by atoms with Gasteiger partial charge in [0.25, 0.3) is 0 Å². The molecule has 0 aliphatic rings. The number of ether oxygens (including phenoxy) is 2. The van der Waals surface area contributed by atoms with E-state index in [1.165, 1.54) is 0 Å². The van der Waals surface area contributed by atoms with Crippen LogP contribution in [0.1, 0.15) is 43.6 Å². The number of hydrogen-bond acceptors (Lipinski definition) is 4. The summed E-state index contributed by atoms with van der Waals surface area (Å²) in [5.74, 6) is 1.48. The molecule has 23 heavy (non-hydrogen) atoms. The van der Waals surface area contributed by atoms with Gasteiger partial charge in [-0.2, -0.15) is 5.10 Å². The van der Waals surface area contributed by atoms with Crippen LogP contribution >= 0.6 is 0 Å². The van der Waals surface area contributed by atoms with E-state index in [2.05, 4.69) is 31.9 Å². The molecule has 126 valence electrons. The molecule has 2 aromatic rings. The molecule has 0 aliphatic heterocycles. The summed E-state index contributed by atoms with van der Waals surface area (Å²) >= 11 is 0. The second-order valence-electron chi connectivity index (χ2n) is 6.73. The molecule has 0 amide bonds. The van der Waals surface area contributed by atoms with Crippen molar-refractivity contribution in [3.63, 3.8) is 0 Å². The molecule has 0 fully saturated rings. The molecule has 1 atom stereocenters. The summed E-state index contributed by atoms with van der Waals surface area (Å²) in [6, 6.07) is 8.08. The molecule has 1 heterocycles. The van der Waals surface area contributed by atoms with Crippen molar-refractivity contribution in [2.45, 2.75) is 32.1 Å². The van der Waals surface area contributed by atoms with Crippen LogP contribution in [0.15, 0.2) is 24.3 Å². The molecule has 0 spiro atoms. The summed E-state index contributed by atoms with van der Waals surface area (Å²) < 4.78 is 12.6. The van der Waals surface area contributed by atoms with E-state index in [-0.39, 0.29) is 11.3 Å². The lowest BCUT2D eigenvalue weighted by molar-refractivity contribution is 0.354. The largest absolute Gasteiger partial charge is 0.493 e. The number of nitrogens with zero attached hydrogens (tertiary/aromatic N) is 2. The molecule has 5 nitrogen and oxygen atoms in total. The Kier molecular flexibility index (Phi) is 5.00. The quantitative estimate of drug-likeness (QED) is 0.921. The molecule has 0 saturated heterocycles. The molecule has 0 saturated carbocycles. The van der Waals surface area contributed by atoms with Crippen molar-refractivity contribution in [1.29, 1.82) is 0 Å². The molecule has 1 unspecified atom stereocenters.